The lowest BCUT2D eigenvalue weighted by Gasteiger charge is -2.05. The summed E-state index contributed by atoms with van der Waals surface area (Å²) in [6, 6.07) is 11.8. The van der Waals surface area contributed by atoms with Gasteiger partial charge < -0.3 is 4.74 Å². The van der Waals surface area contributed by atoms with Crippen LogP contribution < -0.4 is 0 Å². The Hall–Kier alpha value is -2.47. The first kappa shape index (κ1) is 15.4. The third kappa shape index (κ3) is 3.03. The van der Waals surface area contributed by atoms with E-state index in [0.717, 1.165) is 6.26 Å². The number of carbonyl (C=O) groups excluding carboxylic acids is 1. The fraction of sp³-hybridized carbons (Fsp3) is 0.118. The van der Waals surface area contributed by atoms with Gasteiger partial charge in [0.05, 0.1) is 10.5 Å². The highest BCUT2D eigenvalue weighted by Crippen LogP contribution is 2.33. The number of ether oxygens (including phenoxy) is 1. The number of esters is 1. The molecule has 0 radical (unpaired) electrons. The zero-order chi connectivity index (χ0) is 16.6. The molecular formula is C17H13FO4S. The maximum atomic E-state index is 13.1. The van der Waals surface area contributed by atoms with Crippen LogP contribution in [-0.4, -0.2) is 27.2 Å². The summed E-state index contributed by atoms with van der Waals surface area (Å²) in [6.07, 6.45) is 1.12. The molecule has 1 aliphatic rings. The lowest BCUT2D eigenvalue weighted by molar-refractivity contribution is -0.133. The zero-order valence-corrected chi connectivity index (χ0v) is 13.1. The molecule has 0 saturated heterocycles. The largest absolute Gasteiger partial charge is 0.457 e. The van der Waals surface area contributed by atoms with Crippen LogP contribution >= 0.6 is 0 Å². The van der Waals surface area contributed by atoms with E-state index in [0.29, 0.717) is 22.3 Å². The summed E-state index contributed by atoms with van der Waals surface area (Å²) in [5.74, 6) is -0.838. The van der Waals surface area contributed by atoms with E-state index < -0.39 is 15.8 Å². The number of rotatable bonds is 3. The van der Waals surface area contributed by atoms with Crippen molar-refractivity contribution in [2.75, 3.05) is 12.9 Å². The van der Waals surface area contributed by atoms with E-state index in [4.69, 9.17) is 4.74 Å². The Morgan fingerprint density at radius 1 is 0.957 bits per heavy atom. The van der Waals surface area contributed by atoms with Gasteiger partial charge in [-0.3, -0.25) is 0 Å². The first-order valence-corrected chi connectivity index (χ1v) is 8.72. The molecule has 2 aromatic carbocycles. The Morgan fingerprint density at radius 2 is 1.52 bits per heavy atom. The van der Waals surface area contributed by atoms with Crippen molar-refractivity contribution in [3.8, 4) is 0 Å². The smallest absolute Gasteiger partial charge is 0.339 e. The van der Waals surface area contributed by atoms with Crippen LogP contribution in [0.25, 0.3) is 11.1 Å². The van der Waals surface area contributed by atoms with Crippen LogP contribution in [0.4, 0.5) is 4.39 Å². The van der Waals surface area contributed by atoms with Crippen LogP contribution in [0.2, 0.25) is 0 Å². The molecular weight excluding hydrogens is 319 g/mol. The molecule has 0 amide bonds. The molecule has 3 rings (SSSR count). The maximum absolute atomic E-state index is 13.1. The molecule has 0 aliphatic carbocycles. The van der Waals surface area contributed by atoms with Gasteiger partial charge in [-0.05, 0) is 35.4 Å². The minimum atomic E-state index is -3.30. The molecule has 0 unspecified atom stereocenters. The summed E-state index contributed by atoms with van der Waals surface area (Å²) < 4.78 is 41.2. The summed E-state index contributed by atoms with van der Waals surface area (Å²) in [7, 11) is -3.30. The molecule has 0 saturated carbocycles. The molecule has 4 nitrogen and oxygen atoms in total. The molecule has 23 heavy (non-hydrogen) atoms. The number of hydrogen-bond acceptors (Lipinski definition) is 4. The number of hydrogen-bond donors (Lipinski definition) is 0. The van der Waals surface area contributed by atoms with Gasteiger partial charge >= 0.3 is 5.97 Å². The van der Waals surface area contributed by atoms with E-state index >= 15 is 0 Å². The summed E-state index contributed by atoms with van der Waals surface area (Å²) in [4.78, 5) is 12.2. The van der Waals surface area contributed by atoms with Crippen LogP contribution in [0.5, 0.6) is 0 Å². The van der Waals surface area contributed by atoms with Gasteiger partial charge in [-0.25, -0.2) is 17.6 Å². The van der Waals surface area contributed by atoms with Crippen molar-refractivity contribution in [1.82, 2.24) is 0 Å². The quantitative estimate of drug-likeness (QED) is 0.811. The normalized spacial score (nSPS) is 15.0. The summed E-state index contributed by atoms with van der Waals surface area (Å²) in [6.45, 7) is 0.105. The van der Waals surface area contributed by atoms with Gasteiger partial charge in [-0.15, -0.1) is 0 Å². The minimum Gasteiger partial charge on any atom is -0.457 e. The molecule has 2 aromatic rings. The van der Waals surface area contributed by atoms with Crippen molar-refractivity contribution in [1.29, 1.82) is 0 Å². The Bertz CT molecular complexity index is 895. The molecule has 1 aliphatic heterocycles. The Labute approximate surface area is 133 Å². The minimum absolute atomic E-state index is 0.105. The topological polar surface area (TPSA) is 60.4 Å². The Kier molecular flexibility index (Phi) is 3.77. The highest BCUT2D eigenvalue weighted by Gasteiger charge is 2.27. The van der Waals surface area contributed by atoms with E-state index in [-0.39, 0.29) is 17.3 Å². The monoisotopic (exact) mass is 332 g/mol. The zero-order valence-electron chi connectivity index (χ0n) is 12.2. The number of cyclic esters (lactones) is 1. The van der Waals surface area contributed by atoms with Crippen LogP contribution in [0.3, 0.4) is 0 Å². The molecule has 0 spiro atoms. The molecule has 6 heteroatoms. The van der Waals surface area contributed by atoms with E-state index in [2.05, 4.69) is 0 Å². The molecule has 0 fully saturated rings. The van der Waals surface area contributed by atoms with Crippen molar-refractivity contribution in [2.24, 2.45) is 0 Å². The van der Waals surface area contributed by atoms with Crippen LogP contribution in [-0.2, 0) is 19.4 Å². The maximum Gasteiger partial charge on any atom is 0.339 e. The van der Waals surface area contributed by atoms with E-state index in [9.17, 15) is 17.6 Å². The number of benzene rings is 2. The first-order valence-electron chi connectivity index (χ1n) is 6.83. The van der Waals surface area contributed by atoms with Crippen LogP contribution in [0, 0.1) is 5.82 Å². The van der Waals surface area contributed by atoms with Gasteiger partial charge in [0.1, 0.15) is 12.4 Å². The predicted octanol–water partition coefficient (Wildman–Crippen LogP) is 2.70. The van der Waals surface area contributed by atoms with Crippen molar-refractivity contribution < 1.29 is 22.3 Å². The lowest BCUT2D eigenvalue weighted by atomic mass is 9.97. The highest BCUT2D eigenvalue weighted by molar-refractivity contribution is 7.90. The fourth-order valence-corrected chi connectivity index (χ4v) is 3.08. The predicted molar refractivity (Wildman–Crippen MR) is 83.7 cm³/mol. The molecule has 118 valence electrons. The highest BCUT2D eigenvalue weighted by atomic mass is 32.2. The Balaban J connectivity index is 2.09. The van der Waals surface area contributed by atoms with Gasteiger partial charge in [-0.1, -0.05) is 24.3 Å². The van der Waals surface area contributed by atoms with Crippen molar-refractivity contribution in [2.45, 2.75) is 4.90 Å². The molecule has 0 aromatic heterocycles. The van der Waals surface area contributed by atoms with E-state index in [1.807, 2.05) is 0 Å². The second-order valence-corrected chi connectivity index (χ2v) is 7.25. The molecule has 0 atom stereocenters. The number of sulfone groups is 1. The number of halogens is 1. The average molecular weight is 332 g/mol. The number of carbonyl (C=O) groups is 1. The lowest BCUT2D eigenvalue weighted by Crippen LogP contribution is -2.00. The third-order valence-corrected chi connectivity index (χ3v) is 4.75. The Morgan fingerprint density at radius 3 is 2.09 bits per heavy atom. The third-order valence-electron chi connectivity index (χ3n) is 3.62. The van der Waals surface area contributed by atoms with Gasteiger partial charge in [0, 0.05) is 11.8 Å². The average Bonchev–Trinajstić information content (AvgIpc) is 2.89. The van der Waals surface area contributed by atoms with Crippen LogP contribution in [0.15, 0.2) is 53.4 Å². The van der Waals surface area contributed by atoms with Crippen LogP contribution in [0.1, 0.15) is 11.1 Å². The van der Waals surface area contributed by atoms with Crippen molar-refractivity contribution >= 4 is 27.0 Å². The standard InChI is InChI=1S/C17H13FO4S/c1-23(20,21)14-8-4-12(5-9-14)16-15(10-22-17(16)19)11-2-6-13(18)7-3-11/h2-9H,10H2,1H3. The first-order chi connectivity index (χ1) is 10.9. The second kappa shape index (κ2) is 5.62. The van der Waals surface area contributed by atoms with Gasteiger partial charge in [-0.2, -0.15) is 0 Å². The van der Waals surface area contributed by atoms with E-state index in [1.165, 1.54) is 24.3 Å². The summed E-state index contributed by atoms with van der Waals surface area (Å²) >= 11 is 0. The van der Waals surface area contributed by atoms with Gasteiger partial charge in [0.2, 0.25) is 0 Å². The SMILES string of the molecule is CS(=O)(=O)c1ccc(C2=C(c3ccc(F)cc3)COC2=O)cc1. The summed E-state index contributed by atoms with van der Waals surface area (Å²) in [5, 5.41) is 0. The molecule has 0 bridgehead atoms. The fourth-order valence-electron chi connectivity index (χ4n) is 2.44. The van der Waals surface area contributed by atoms with Crippen molar-refractivity contribution in [3.05, 3.63) is 65.5 Å². The van der Waals surface area contributed by atoms with E-state index in [1.54, 1.807) is 24.3 Å². The molecule has 1 heterocycles. The van der Waals surface area contributed by atoms with Crippen molar-refractivity contribution in [3.63, 3.8) is 0 Å². The molecule has 0 N–H and O–H groups in total. The van der Waals surface area contributed by atoms with Gasteiger partial charge in [0.15, 0.2) is 9.84 Å². The second-order valence-electron chi connectivity index (χ2n) is 5.23. The van der Waals surface area contributed by atoms with Gasteiger partial charge in [0.25, 0.3) is 0 Å². The summed E-state index contributed by atoms with van der Waals surface area (Å²) in [5.41, 5.74) is 2.29.